The summed E-state index contributed by atoms with van der Waals surface area (Å²) in [5, 5.41) is 5.64. The van der Waals surface area contributed by atoms with Gasteiger partial charge in [-0.15, -0.1) is 11.3 Å². The molecule has 0 radical (unpaired) electrons. The van der Waals surface area contributed by atoms with Crippen LogP contribution in [-0.2, 0) is 9.59 Å². The molecular formula is C19H19N5O4S. The molecule has 2 aromatic heterocycles. The summed E-state index contributed by atoms with van der Waals surface area (Å²) in [6.07, 6.45) is 1.29. The number of aryl methyl sites for hydroxylation is 1. The van der Waals surface area contributed by atoms with Crippen LogP contribution in [0.3, 0.4) is 0 Å². The minimum Gasteiger partial charge on any atom is -0.365 e. The van der Waals surface area contributed by atoms with Gasteiger partial charge < -0.3 is 16.4 Å². The van der Waals surface area contributed by atoms with Crippen LogP contribution in [0.4, 0.5) is 11.4 Å². The fraction of sp³-hybridized carbons (Fsp3) is 0.211. The number of nitrogens with zero attached hydrogens (tertiary/aromatic N) is 2. The first-order valence-electron chi connectivity index (χ1n) is 8.67. The number of nitrogens with two attached hydrogens (primary N) is 1. The van der Waals surface area contributed by atoms with Crippen molar-refractivity contribution >= 4 is 50.6 Å². The summed E-state index contributed by atoms with van der Waals surface area (Å²) in [4.78, 5) is 53.0. The quantitative estimate of drug-likeness (QED) is 0.588. The van der Waals surface area contributed by atoms with Gasteiger partial charge in [0, 0.05) is 18.3 Å². The Hall–Kier alpha value is -3.53. The normalized spacial score (nSPS) is 11.8. The lowest BCUT2D eigenvalue weighted by atomic mass is 10.2. The minimum atomic E-state index is -0.842. The van der Waals surface area contributed by atoms with Crippen molar-refractivity contribution in [2.75, 3.05) is 10.6 Å². The third kappa shape index (κ3) is 4.02. The highest BCUT2D eigenvalue weighted by Crippen LogP contribution is 2.26. The van der Waals surface area contributed by atoms with Gasteiger partial charge >= 0.3 is 0 Å². The van der Waals surface area contributed by atoms with Gasteiger partial charge in [0.15, 0.2) is 0 Å². The molecule has 29 heavy (non-hydrogen) atoms. The van der Waals surface area contributed by atoms with Gasteiger partial charge in [0.05, 0.1) is 16.6 Å². The highest BCUT2D eigenvalue weighted by molar-refractivity contribution is 7.20. The molecule has 150 valence electrons. The molecule has 0 saturated carbocycles. The monoisotopic (exact) mass is 413 g/mol. The van der Waals surface area contributed by atoms with Crippen LogP contribution in [0.1, 0.15) is 35.1 Å². The number of hydrogen-bond donors (Lipinski definition) is 3. The van der Waals surface area contributed by atoms with Gasteiger partial charge in [0.25, 0.3) is 11.5 Å². The Labute approximate surface area is 169 Å². The lowest BCUT2D eigenvalue weighted by Crippen LogP contribution is -2.31. The van der Waals surface area contributed by atoms with Crippen LogP contribution in [-0.4, -0.2) is 27.3 Å². The molecule has 3 rings (SSSR count). The minimum absolute atomic E-state index is 0.194. The van der Waals surface area contributed by atoms with E-state index in [2.05, 4.69) is 15.6 Å². The molecule has 1 aromatic carbocycles. The number of aromatic nitrogens is 2. The van der Waals surface area contributed by atoms with E-state index in [9.17, 15) is 19.2 Å². The molecule has 0 aliphatic rings. The number of anilines is 2. The van der Waals surface area contributed by atoms with Gasteiger partial charge in [-0.05, 0) is 43.7 Å². The zero-order valence-corrected chi connectivity index (χ0v) is 16.8. The van der Waals surface area contributed by atoms with E-state index < -0.39 is 23.4 Å². The van der Waals surface area contributed by atoms with Crippen molar-refractivity contribution in [3.8, 4) is 0 Å². The molecule has 10 heteroatoms. The van der Waals surface area contributed by atoms with E-state index in [0.717, 1.165) is 11.3 Å². The predicted molar refractivity (Wildman–Crippen MR) is 111 cm³/mol. The van der Waals surface area contributed by atoms with E-state index in [0.29, 0.717) is 21.8 Å². The maximum atomic E-state index is 12.9. The van der Waals surface area contributed by atoms with Crippen LogP contribution in [0.5, 0.6) is 0 Å². The van der Waals surface area contributed by atoms with E-state index in [-0.39, 0.29) is 16.2 Å². The van der Waals surface area contributed by atoms with Crippen LogP contribution in [0, 0.1) is 6.92 Å². The number of hydrogen-bond acceptors (Lipinski definition) is 6. The first kappa shape index (κ1) is 20.2. The standard InChI is InChI=1S/C19H19N5O4S/c1-9-14-18(29-15(9)16(20)26)21-8-24(19(14)28)10(2)17(27)23-13-6-4-12(5-7-13)22-11(3)25/h4-8,10H,1-3H3,(H2,20,26)(H,22,25)(H,23,27). The maximum absolute atomic E-state index is 12.9. The summed E-state index contributed by atoms with van der Waals surface area (Å²) in [6, 6.07) is 5.75. The van der Waals surface area contributed by atoms with Crippen LogP contribution in [0.15, 0.2) is 35.4 Å². The molecule has 2 heterocycles. The van der Waals surface area contributed by atoms with Gasteiger partial charge in [0.1, 0.15) is 10.9 Å². The average molecular weight is 413 g/mol. The molecule has 0 saturated heterocycles. The predicted octanol–water partition coefficient (Wildman–Crippen LogP) is 2.02. The van der Waals surface area contributed by atoms with E-state index in [1.165, 1.54) is 17.8 Å². The smallest absolute Gasteiger partial charge is 0.263 e. The molecular weight excluding hydrogens is 394 g/mol. The van der Waals surface area contributed by atoms with Crippen molar-refractivity contribution in [3.05, 3.63) is 51.4 Å². The zero-order chi connectivity index (χ0) is 21.3. The number of thiophene rings is 1. The Balaban J connectivity index is 1.86. The fourth-order valence-electron chi connectivity index (χ4n) is 2.86. The van der Waals surface area contributed by atoms with E-state index in [1.54, 1.807) is 38.1 Å². The zero-order valence-electron chi connectivity index (χ0n) is 16.0. The lowest BCUT2D eigenvalue weighted by molar-refractivity contribution is -0.119. The number of rotatable bonds is 5. The number of amides is 3. The summed E-state index contributed by atoms with van der Waals surface area (Å²) in [5.41, 5.74) is 6.51. The van der Waals surface area contributed by atoms with Crippen molar-refractivity contribution < 1.29 is 14.4 Å². The van der Waals surface area contributed by atoms with Gasteiger partial charge in [-0.25, -0.2) is 4.98 Å². The van der Waals surface area contributed by atoms with Gasteiger partial charge in [-0.2, -0.15) is 0 Å². The molecule has 4 N–H and O–H groups in total. The third-order valence-corrected chi connectivity index (χ3v) is 5.58. The Morgan fingerprint density at radius 1 is 1.14 bits per heavy atom. The van der Waals surface area contributed by atoms with Gasteiger partial charge in [-0.3, -0.25) is 23.7 Å². The summed E-state index contributed by atoms with van der Waals surface area (Å²) in [7, 11) is 0. The lowest BCUT2D eigenvalue weighted by Gasteiger charge is -2.15. The fourth-order valence-corrected chi connectivity index (χ4v) is 3.85. The Morgan fingerprint density at radius 2 is 1.72 bits per heavy atom. The number of carbonyl (C=O) groups excluding carboxylic acids is 3. The first-order valence-corrected chi connectivity index (χ1v) is 9.49. The van der Waals surface area contributed by atoms with E-state index in [4.69, 9.17) is 5.73 Å². The topological polar surface area (TPSA) is 136 Å². The number of benzene rings is 1. The molecule has 9 nitrogen and oxygen atoms in total. The molecule has 3 amide bonds. The second kappa shape index (κ2) is 7.84. The number of nitrogens with one attached hydrogen (secondary N) is 2. The second-order valence-electron chi connectivity index (χ2n) is 6.48. The molecule has 1 atom stereocenters. The number of carbonyl (C=O) groups is 3. The second-order valence-corrected chi connectivity index (χ2v) is 7.48. The summed E-state index contributed by atoms with van der Waals surface area (Å²) < 4.78 is 1.22. The van der Waals surface area contributed by atoms with Gasteiger partial charge in [0.2, 0.25) is 11.8 Å². The highest BCUT2D eigenvalue weighted by Gasteiger charge is 2.22. The van der Waals surface area contributed by atoms with Crippen molar-refractivity contribution in [1.82, 2.24) is 9.55 Å². The van der Waals surface area contributed by atoms with E-state index in [1.807, 2.05) is 0 Å². The molecule has 0 bridgehead atoms. The Kier molecular flexibility index (Phi) is 5.46. The van der Waals surface area contributed by atoms with Crippen LogP contribution in [0.25, 0.3) is 10.2 Å². The maximum Gasteiger partial charge on any atom is 0.263 e. The molecule has 1 unspecified atom stereocenters. The van der Waals surface area contributed by atoms with Crippen molar-refractivity contribution in [3.63, 3.8) is 0 Å². The summed E-state index contributed by atoms with van der Waals surface area (Å²) >= 11 is 1.05. The van der Waals surface area contributed by atoms with Crippen molar-refractivity contribution in [1.29, 1.82) is 0 Å². The number of fused-ring (bicyclic) bond motifs is 1. The first-order chi connectivity index (χ1) is 13.7. The molecule has 0 aliphatic heterocycles. The molecule has 0 spiro atoms. The molecule has 3 aromatic rings. The van der Waals surface area contributed by atoms with E-state index >= 15 is 0 Å². The van der Waals surface area contributed by atoms with Crippen LogP contribution in [0.2, 0.25) is 0 Å². The van der Waals surface area contributed by atoms with Crippen molar-refractivity contribution in [2.24, 2.45) is 5.73 Å². The Bertz CT molecular complexity index is 1180. The summed E-state index contributed by atoms with van der Waals surface area (Å²) in [6.45, 7) is 4.61. The van der Waals surface area contributed by atoms with Crippen LogP contribution >= 0.6 is 11.3 Å². The largest absolute Gasteiger partial charge is 0.365 e. The Morgan fingerprint density at radius 3 is 2.28 bits per heavy atom. The molecule has 0 aliphatic carbocycles. The van der Waals surface area contributed by atoms with Gasteiger partial charge in [-0.1, -0.05) is 0 Å². The SMILES string of the molecule is CC(=O)Nc1ccc(NC(=O)C(C)n2cnc3sc(C(N)=O)c(C)c3c2=O)cc1. The molecule has 0 fully saturated rings. The van der Waals surface area contributed by atoms with Crippen molar-refractivity contribution in [2.45, 2.75) is 26.8 Å². The third-order valence-electron chi connectivity index (χ3n) is 4.37. The average Bonchev–Trinajstić information content (AvgIpc) is 3.00. The number of primary amides is 1. The summed E-state index contributed by atoms with van der Waals surface area (Å²) in [5.74, 6) is -1.23. The van der Waals surface area contributed by atoms with Crippen LogP contribution < -0.4 is 21.9 Å². The highest BCUT2D eigenvalue weighted by atomic mass is 32.1.